The Balaban J connectivity index is 3.08. The fourth-order valence-electron chi connectivity index (χ4n) is 1.70. The van der Waals surface area contributed by atoms with Gasteiger partial charge >= 0.3 is 8.80 Å². The normalized spacial score (nSPS) is 11.7. The van der Waals surface area contributed by atoms with E-state index >= 15 is 0 Å². The van der Waals surface area contributed by atoms with E-state index in [-0.39, 0.29) is 6.61 Å². The maximum absolute atomic E-state index is 13.5. The fourth-order valence-corrected chi connectivity index (χ4v) is 3.31. The molecule has 1 aromatic rings. The van der Waals surface area contributed by atoms with Crippen molar-refractivity contribution in [3.8, 4) is 0 Å². The molecule has 0 aromatic heterocycles. The van der Waals surface area contributed by atoms with Crippen LogP contribution in [0.3, 0.4) is 0 Å². The minimum Gasteiger partial charge on any atom is -0.376 e. The van der Waals surface area contributed by atoms with Crippen molar-refractivity contribution < 1.29 is 40.0 Å². The third-order valence-corrected chi connectivity index (χ3v) is 5.47. The topological polar surface area (TPSA) is 56.8 Å². The molecule has 0 saturated carbocycles. The molecule has 0 aliphatic carbocycles. The molecule has 1 rings (SSSR count). The first kappa shape index (κ1) is 19.5. The summed E-state index contributed by atoms with van der Waals surface area (Å²) in [6, 6.07) is 0. The maximum Gasteiger partial charge on any atom is 0.520 e. The predicted molar refractivity (Wildman–Crippen MR) is 70.0 cm³/mol. The van der Waals surface area contributed by atoms with Gasteiger partial charge in [0.25, 0.3) is 5.91 Å². The van der Waals surface area contributed by atoms with Crippen molar-refractivity contribution in [2.24, 2.45) is 0 Å². The third-order valence-electron chi connectivity index (χ3n) is 2.89. The average Bonchev–Trinajstić information content (AvgIpc) is 2.55. The number of rotatable bonds is 7. The van der Waals surface area contributed by atoms with Crippen molar-refractivity contribution in [1.82, 2.24) is 5.32 Å². The number of carbonyl (C=O) groups excluding carboxylic acids is 1. The van der Waals surface area contributed by atoms with E-state index in [9.17, 15) is 26.7 Å². The van der Waals surface area contributed by atoms with Gasteiger partial charge in [0.2, 0.25) is 5.82 Å². The SMILES string of the molecule is CCO[Si](CNC(=O)c1c(F)c(F)c(F)c(F)c1F)(OC)OC. The smallest absolute Gasteiger partial charge is 0.376 e. The molecule has 0 radical (unpaired) electrons. The van der Waals surface area contributed by atoms with Crippen LogP contribution in [0, 0.1) is 29.1 Å². The van der Waals surface area contributed by atoms with Gasteiger partial charge in [0, 0.05) is 20.8 Å². The molecule has 11 heteroatoms. The molecule has 0 spiro atoms. The fraction of sp³-hybridized carbons (Fsp3) is 0.417. The highest BCUT2D eigenvalue weighted by Crippen LogP contribution is 2.23. The number of benzene rings is 1. The number of carbonyl (C=O) groups is 1. The molecule has 130 valence electrons. The zero-order valence-corrected chi connectivity index (χ0v) is 13.4. The van der Waals surface area contributed by atoms with Crippen LogP contribution in [-0.2, 0) is 13.3 Å². The van der Waals surface area contributed by atoms with Crippen LogP contribution in [0.25, 0.3) is 0 Å². The lowest BCUT2D eigenvalue weighted by molar-refractivity contribution is 0.0869. The van der Waals surface area contributed by atoms with E-state index in [2.05, 4.69) is 0 Å². The lowest BCUT2D eigenvalue weighted by Crippen LogP contribution is -2.54. The molecule has 0 atom stereocenters. The zero-order valence-electron chi connectivity index (χ0n) is 12.4. The molecule has 1 amide bonds. The number of hydrogen-bond acceptors (Lipinski definition) is 4. The second-order valence-electron chi connectivity index (χ2n) is 4.15. The Kier molecular flexibility index (Phi) is 6.62. The summed E-state index contributed by atoms with van der Waals surface area (Å²) >= 11 is 0. The third kappa shape index (κ3) is 3.86. The van der Waals surface area contributed by atoms with E-state index < -0.39 is 55.5 Å². The summed E-state index contributed by atoms with van der Waals surface area (Å²) in [5.74, 6) is -12.7. The van der Waals surface area contributed by atoms with Crippen molar-refractivity contribution in [3.05, 3.63) is 34.6 Å². The molecular formula is C12H14F5NO4Si. The summed E-state index contributed by atoms with van der Waals surface area (Å²) in [5.41, 5.74) is -1.59. The predicted octanol–water partition coefficient (Wildman–Crippen LogP) is 1.92. The zero-order chi connectivity index (χ0) is 17.8. The van der Waals surface area contributed by atoms with Crippen molar-refractivity contribution in [1.29, 1.82) is 0 Å². The molecule has 23 heavy (non-hydrogen) atoms. The van der Waals surface area contributed by atoms with E-state index in [1.165, 1.54) is 14.2 Å². The Morgan fingerprint density at radius 1 is 0.957 bits per heavy atom. The molecular weight excluding hydrogens is 345 g/mol. The molecule has 5 nitrogen and oxygen atoms in total. The molecule has 0 bridgehead atoms. The van der Waals surface area contributed by atoms with Gasteiger partial charge in [-0.25, -0.2) is 22.0 Å². The van der Waals surface area contributed by atoms with Gasteiger partial charge in [0.05, 0.1) is 6.17 Å². The van der Waals surface area contributed by atoms with E-state index in [0.29, 0.717) is 0 Å². The lowest BCUT2D eigenvalue weighted by Gasteiger charge is -2.25. The molecule has 0 saturated heterocycles. The summed E-state index contributed by atoms with van der Waals surface area (Å²) in [6.45, 7) is 1.78. The van der Waals surface area contributed by atoms with Crippen LogP contribution >= 0.6 is 0 Å². The molecule has 0 heterocycles. The summed E-state index contributed by atoms with van der Waals surface area (Å²) in [6.07, 6.45) is -0.424. The van der Waals surface area contributed by atoms with Gasteiger partial charge in [-0.2, -0.15) is 0 Å². The van der Waals surface area contributed by atoms with Crippen LogP contribution in [-0.4, -0.2) is 41.7 Å². The number of halogens is 5. The van der Waals surface area contributed by atoms with Crippen LogP contribution in [0.4, 0.5) is 22.0 Å². The van der Waals surface area contributed by atoms with Crippen molar-refractivity contribution in [2.45, 2.75) is 6.92 Å². The van der Waals surface area contributed by atoms with Gasteiger partial charge in [-0.1, -0.05) is 0 Å². The maximum atomic E-state index is 13.5. The van der Waals surface area contributed by atoms with Crippen LogP contribution in [0.15, 0.2) is 0 Å². The van der Waals surface area contributed by atoms with E-state index in [1.54, 1.807) is 6.92 Å². The Morgan fingerprint density at radius 3 is 1.78 bits per heavy atom. The Labute approximate surface area is 129 Å². The van der Waals surface area contributed by atoms with Crippen molar-refractivity contribution in [2.75, 3.05) is 27.0 Å². The largest absolute Gasteiger partial charge is 0.520 e. The molecule has 0 fully saturated rings. The van der Waals surface area contributed by atoms with Crippen LogP contribution in [0.2, 0.25) is 0 Å². The molecule has 1 aromatic carbocycles. The number of amides is 1. The van der Waals surface area contributed by atoms with Gasteiger partial charge < -0.3 is 18.6 Å². The number of nitrogens with one attached hydrogen (secondary N) is 1. The molecule has 0 aliphatic rings. The monoisotopic (exact) mass is 359 g/mol. The van der Waals surface area contributed by atoms with Gasteiger partial charge in [0.1, 0.15) is 5.56 Å². The Morgan fingerprint density at radius 2 is 1.39 bits per heavy atom. The minimum atomic E-state index is -3.35. The summed E-state index contributed by atoms with van der Waals surface area (Å²) in [4.78, 5) is 11.8. The second kappa shape index (κ2) is 7.81. The lowest BCUT2D eigenvalue weighted by atomic mass is 10.1. The van der Waals surface area contributed by atoms with Crippen LogP contribution < -0.4 is 5.32 Å². The molecule has 0 unspecified atom stereocenters. The quantitative estimate of drug-likeness (QED) is 0.350. The Hall–Kier alpha value is -1.56. The van der Waals surface area contributed by atoms with Crippen molar-refractivity contribution in [3.63, 3.8) is 0 Å². The number of hydrogen-bond donors (Lipinski definition) is 1. The standard InChI is InChI=1S/C12H14F5NO4Si/c1-4-22-23(20-2,21-3)5-18-12(19)6-7(13)9(15)11(17)10(16)8(6)14/h4-5H2,1-3H3,(H,18,19). The molecule has 1 N–H and O–H groups in total. The first-order chi connectivity index (χ1) is 10.7. The van der Waals surface area contributed by atoms with Gasteiger partial charge in [0.15, 0.2) is 23.3 Å². The Bertz CT molecular complexity index is 568. The summed E-state index contributed by atoms with van der Waals surface area (Å²) in [5, 5.41) is 1.99. The summed E-state index contributed by atoms with van der Waals surface area (Å²) < 4.78 is 81.4. The van der Waals surface area contributed by atoms with Crippen LogP contribution in [0.5, 0.6) is 0 Å². The van der Waals surface area contributed by atoms with Gasteiger partial charge in [-0.05, 0) is 6.92 Å². The van der Waals surface area contributed by atoms with E-state index in [1.807, 2.05) is 5.32 Å². The highest BCUT2D eigenvalue weighted by atomic mass is 28.4. The van der Waals surface area contributed by atoms with Crippen molar-refractivity contribution >= 4 is 14.7 Å². The highest BCUT2D eigenvalue weighted by molar-refractivity contribution is 6.61. The first-order valence-electron chi connectivity index (χ1n) is 6.28. The van der Waals surface area contributed by atoms with E-state index in [0.717, 1.165) is 0 Å². The average molecular weight is 359 g/mol. The van der Waals surface area contributed by atoms with E-state index in [4.69, 9.17) is 13.3 Å². The highest BCUT2D eigenvalue weighted by Gasteiger charge is 2.40. The molecule has 0 aliphatic heterocycles. The van der Waals surface area contributed by atoms with Crippen LogP contribution in [0.1, 0.15) is 17.3 Å². The van der Waals surface area contributed by atoms with Gasteiger partial charge in [-0.15, -0.1) is 0 Å². The minimum absolute atomic E-state index is 0.159. The van der Waals surface area contributed by atoms with Gasteiger partial charge in [-0.3, -0.25) is 4.79 Å². The first-order valence-corrected chi connectivity index (χ1v) is 8.21. The second-order valence-corrected chi connectivity index (χ2v) is 6.98. The summed E-state index contributed by atoms with van der Waals surface area (Å²) in [7, 11) is -0.886.